The van der Waals surface area contributed by atoms with Crippen LogP contribution in [0.25, 0.3) is 0 Å². The Labute approximate surface area is 88.5 Å². The highest BCUT2D eigenvalue weighted by Gasteiger charge is 2.04. The highest BCUT2D eigenvalue weighted by atomic mass is 32.2. The Hall–Kier alpha value is -1.43. The minimum atomic E-state index is -2.20. The molecule has 0 saturated heterocycles. The van der Waals surface area contributed by atoms with Crippen LogP contribution in [0.2, 0.25) is 0 Å². The molecule has 0 aliphatic carbocycles. The summed E-state index contributed by atoms with van der Waals surface area (Å²) in [5.41, 5.74) is 0.517. The number of non-ortho nitro benzene ring substituents is 1. The maximum absolute atomic E-state index is 11.6. The monoisotopic (exact) mass is 228 g/mol. The minimum Gasteiger partial charge on any atom is -0.258 e. The average molecular weight is 228 g/mol. The minimum absolute atomic E-state index is 0.00745. The first-order valence-corrected chi connectivity index (χ1v) is 6.48. The Bertz CT molecular complexity index is 473. The molecule has 0 radical (unpaired) electrons. The van der Waals surface area contributed by atoms with Gasteiger partial charge in [0, 0.05) is 33.9 Å². The first-order valence-electron chi connectivity index (χ1n) is 4.39. The molecule has 1 aromatic rings. The van der Waals surface area contributed by atoms with E-state index in [-0.39, 0.29) is 5.69 Å². The fourth-order valence-electron chi connectivity index (χ4n) is 0.923. The molecule has 1 rings (SSSR count). The molecule has 82 valence electrons. The van der Waals surface area contributed by atoms with Crippen molar-refractivity contribution < 1.29 is 9.13 Å². The number of nitro groups is 1. The molecular formula is C9H12N2O3S. The normalized spacial score (nSPS) is 14.3. The largest absolute Gasteiger partial charge is 0.269 e. The smallest absolute Gasteiger partial charge is 0.258 e. The molecular weight excluding hydrogens is 216 g/mol. The molecule has 0 spiro atoms. The molecule has 0 aliphatic rings. The molecule has 0 fully saturated rings. The second-order valence-electron chi connectivity index (χ2n) is 3.11. The van der Waals surface area contributed by atoms with E-state index in [9.17, 15) is 14.3 Å². The van der Waals surface area contributed by atoms with E-state index in [1.165, 1.54) is 24.3 Å². The van der Waals surface area contributed by atoms with E-state index < -0.39 is 14.7 Å². The van der Waals surface area contributed by atoms with E-state index in [0.717, 1.165) is 0 Å². The highest BCUT2D eigenvalue weighted by molar-refractivity contribution is 7.93. The zero-order valence-corrected chi connectivity index (χ0v) is 9.36. The van der Waals surface area contributed by atoms with Crippen molar-refractivity contribution in [2.24, 2.45) is 4.36 Å². The fraction of sp³-hybridized carbons (Fsp3) is 0.333. The summed E-state index contributed by atoms with van der Waals surface area (Å²) >= 11 is 0. The molecule has 0 aromatic heterocycles. The number of nitro benzene ring substituents is 1. The Kier molecular flexibility index (Phi) is 3.41. The second-order valence-corrected chi connectivity index (χ2v) is 5.79. The SMILES string of the molecule is CC[S@](C)(=O)=Nc1ccc([N+](=O)[O-])cc1. The molecule has 0 amide bonds. The van der Waals surface area contributed by atoms with Crippen molar-refractivity contribution in [1.82, 2.24) is 0 Å². The summed E-state index contributed by atoms with van der Waals surface area (Å²) in [6.07, 6.45) is 1.56. The third kappa shape index (κ3) is 3.32. The Morgan fingerprint density at radius 1 is 1.40 bits per heavy atom. The number of hydrogen-bond acceptors (Lipinski definition) is 4. The van der Waals surface area contributed by atoms with Crippen molar-refractivity contribution in [3.05, 3.63) is 34.4 Å². The zero-order chi connectivity index (χ0) is 11.5. The molecule has 0 bridgehead atoms. The van der Waals surface area contributed by atoms with Gasteiger partial charge >= 0.3 is 0 Å². The van der Waals surface area contributed by atoms with Crippen molar-refractivity contribution in [3.63, 3.8) is 0 Å². The lowest BCUT2D eigenvalue weighted by molar-refractivity contribution is -0.384. The molecule has 0 aliphatic heterocycles. The topological polar surface area (TPSA) is 72.6 Å². The Morgan fingerprint density at radius 2 is 1.93 bits per heavy atom. The van der Waals surface area contributed by atoms with Crippen LogP contribution in [0.4, 0.5) is 11.4 Å². The predicted molar refractivity (Wildman–Crippen MR) is 59.8 cm³/mol. The lowest BCUT2D eigenvalue weighted by Gasteiger charge is -1.99. The maximum atomic E-state index is 11.6. The van der Waals surface area contributed by atoms with Crippen LogP contribution in [0.5, 0.6) is 0 Å². The molecule has 0 N–H and O–H groups in total. The molecule has 1 aromatic carbocycles. The van der Waals surface area contributed by atoms with Crippen molar-refractivity contribution in [1.29, 1.82) is 0 Å². The van der Waals surface area contributed by atoms with Crippen molar-refractivity contribution in [2.45, 2.75) is 6.92 Å². The number of rotatable bonds is 3. The summed E-state index contributed by atoms with van der Waals surface area (Å²) in [7, 11) is -2.20. The zero-order valence-electron chi connectivity index (χ0n) is 8.54. The average Bonchev–Trinajstić information content (AvgIpc) is 2.18. The van der Waals surface area contributed by atoms with E-state index >= 15 is 0 Å². The maximum Gasteiger partial charge on any atom is 0.269 e. The second kappa shape index (κ2) is 4.39. The molecule has 5 nitrogen and oxygen atoms in total. The van der Waals surface area contributed by atoms with Gasteiger partial charge in [0.1, 0.15) is 0 Å². The van der Waals surface area contributed by atoms with Crippen LogP contribution in [0.15, 0.2) is 28.6 Å². The molecule has 15 heavy (non-hydrogen) atoms. The van der Waals surface area contributed by atoms with E-state index in [1.54, 1.807) is 13.2 Å². The Morgan fingerprint density at radius 3 is 2.33 bits per heavy atom. The van der Waals surface area contributed by atoms with E-state index in [2.05, 4.69) is 4.36 Å². The van der Waals surface area contributed by atoms with Gasteiger partial charge in [-0.3, -0.25) is 10.1 Å². The summed E-state index contributed by atoms with van der Waals surface area (Å²) in [6.45, 7) is 1.79. The van der Waals surface area contributed by atoms with Crippen molar-refractivity contribution >= 4 is 21.1 Å². The van der Waals surface area contributed by atoms with Gasteiger partial charge in [-0.25, -0.2) is 4.21 Å². The molecule has 0 heterocycles. The van der Waals surface area contributed by atoms with Gasteiger partial charge in [0.2, 0.25) is 0 Å². The first kappa shape index (κ1) is 11.6. The standard InChI is InChI=1S/C9H12N2O3S/c1-3-15(2,14)10-8-4-6-9(7-5-8)11(12)13/h4-7H,3H2,1-2H3/t15-/m0/s1. The third-order valence-corrected chi connectivity index (χ3v) is 3.56. The van der Waals surface area contributed by atoms with E-state index in [0.29, 0.717) is 11.4 Å². The van der Waals surface area contributed by atoms with Crippen molar-refractivity contribution in [3.8, 4) is 0 Å². The van der Waals surface area contributed by atoms with Gasteiger partial charge in [-0.05, 0) is 12.1 Å². The molecule has 1 atom stereocenters. The van der Waals surface area contributed by atoms with Gasteiger partial charge in [0.15, 0.2) is 0 Å². The van der Waals surface area contributed by atoms with Gasteiger partial charge < -0.3 is 0 Å². The third-order valence-electron chi connectivity index (χ3n) is 1.89. The van der Waals surface area contributed by atoms with Crippen LogP contribution in [0.1, 0.15) is 6.92 Å². The van der Waals surface area contributed by atoms with Crippen LogP contribution < -0.4 is 0 Å². The fourth-order valence-corrected chi connectivity index (χ4v) is 1.62. The van der Waals surface area contributed by atoms with Gasteiger partial charge in [0.25, 0.3) is 5.69 Å². The molecule has 0 saturated carbocycles. The highest BCUT2D eigenvalue weighted by Crippen LogP contribution is 2.19. The lowest BCUT2D eigenvalue weighted by atomic mass is 10.3. The van der Waals surface area contributed by atoms with Crippen LogP contribution >= 0.6 is 0 Å². The van der Waals surface area contributed by atoms with Gasteiger partial charge in [-0.15, -0.1) is 0 Å². The van der Waals surface area contributed by atoms with E-state index in [4.69, 9.17) is 0 Å². The molecule has 0 unspecified atom stereocenters. The van der Waals surface area contributed by atoms with Crippen molar-refractivity contribution in [2.75, 3.05) is 12.0 Å². The van der Waals surface area contributed by atoms with Crippen LogP contribution in [-0.4, -0.2) is 21.1 Å². The lowest BCUT2D eigenvalue weighted by Crippen LogP contribution is -1.97. The summed E-state index contributed by atoms with van der Waals surface area (Å²) < 4.78 is 15.7. The molecule has 6 heteroatoms. The summed E-state index contributed by atoms with van der Waals surface area (Å²) in [5, 5.41) is 10.4. The van der Waals surface area contributed by atoms with Gasteiger partial charge in [-0.1, -0.05) is 6.92 Å². The van der Waals surface area contributed by atoms with Gasteiger partial charge in [0.05, 0.1) is 10.6 Å². The Balaban J connectivity index is 3.06. The van der Waals surface area contributed by atoms with Crippen LogP contribution in [-0.2, 0) is 9.73 Å². The van der Waals surface area contributed by atoms with Crippen LogP contribution in [0, 0.1) is 10.1 Å². The van der Waals surface area contributed by atoms with E-state index in [1.807, 2.05) is 0 Å². The summed E-state index contributed by atoms with van der Waals surface area (Å²) in [6, 6.07) is 5.70. The quantitative estimate of drug-likeness (QED) is 0.588. The summed E-state index contributed by atoms with van der Waals surface area (Å²) in [4.78, 5) is 9.89. The number of benzene rings is 1. The number of nitrogens with zero attached hydrogens (tertiary/aromatic N) is 2. The van der Waals surface area contributed by atoms with Crippen LogP contribution in [0.3, 0.4) is 0 Å². The summed E-state index contributed by atoms with van der Waals surface area (Å²) in [5.74, 6) is 0.462. The number of hydrogen-bond donors (Lipinski definition) is 0. The first-order chi connectivity index (χ1) is 6.94. The van der Waals surface area contributed by atoms with Gasteiger partial charge in [-0.2, -0.15) is 4.36 Å². The predicted octanol–water partition coefficient (Wildman–Crippen LogP) is 2.34.